The highest BCUT2D eigenvalue weighted by Crippen LogP contribution is 2.23. The Hall–Kier alpha value is -1.31. The van der Waals surface area contributed by atoms with Crippen molar-refractivity contribution < 1.29 is 4.79 Å². The molecule has 1 saturated carbocycles. The van der Waals surface area contributed by atoms with E-state index in [1.54, 1.807) is 0 Å². The second-order valence-corrected chi connectivity index (χ2v) is 5.31. The molecule has 0 aliphatic heterocycles. The molecule has 1 aliphatic rings. The van der Waals surface area contributed by atoms with Crippen LogP contribution in [-0.4, -0.2) is 11.9 Å². The average molecular weight is 231 g/mol. The number of benzene rings is 1. The van der Waals surface area contributed by atoms with Crippen molar-refractivity contribution in [2.45, 2.75) is 45.6 Å². The van der Waals surface area contributed by atoms with E-state index in [0.717, 1.165) is 24.3 Å². The van der Waals surface area contributed by atoms with Crippen LogP contribution in [0.25, 0.3) is 0 Å². The Morgan fingerprint density at radius 1 is 1.24 bits per heavy atom. The van der Waals surface area contributed by atoms with Gasteiger partial charge in [-0.15, -0.1) is 0 Å². The van der Waals surface area contributed by atoms with Gasteiger partial charge in [0.1, 0.15) is 0 Å². The molecule has 2 unspecified atom stereocenters. The van der Waals surface area contributed by atoms with Gasteiger partial charge >= 0.3 is 0 Å². The molecule has 0 heterocycles. The van der Waals surface area contributed by atoms with Crippen LogP contribution in [0.1, 0.15) is 48.5 Å². The number of aryl methyl sites for hydroxylation is 1. The minimum Gasteiger partial charge on any atom is -0.349 e. The largest absolute Gasteiger partial charge is 0.349 e. The second kappa shape index (κ2) is 5.35. The standard InChI is InChI=1S/C15H21NO/c1-11-6-8-13(9-7-11)15(17)16-14-5-3-4-12(2)10-14/h6-9,12,14H,3-5,10H2,1-2H3,(H,16,17). The molecule has 0 aromatic heterocycles. The topological polar surface area (TPSA) is 29.1 Å². The molecular weight excluding hydrogens is 210 g/mol. The number of rotatable bonds is 2. The second-order valence-electron chi connectivity index (χ2n) is 5.31. The third-order valence-electron chi connectivity index (χ3n) is 3.59. The van der Waals surface area contributed by atoms with E-state index in [4.69, 9.17) is 0 Å². The fourth-order valence-corrected chi connectivity index (χ4v) is 2.54. The summed E-state index contributed by atoms with van der Waals surface area (Å²) in [5.74, 6) is 0.816. The zero-order valence-electron chi connectivity index (χ0n) is 10.7. The van der Waals surface area contributed by atoms with Crippen LogP contribution in [0.3, 0.4) is 0 Å². The number of hydrogen-bond acceptors (Lipinski definition) is 1. The number of nitrogens with one attached hydrogen (secondary N) is 1. The van der Waals surface area contributed by atoms with Crippen LogP contribution in [0.15, 0.2) is 24.3 Å². The van der Waals surface area contributed by atoms with Crippen molar-refractivity contribution in [3.8, 4) is 0 Å². The van der Waals surface area contributed by atoms with Gasteiger partial charge in [0, 0.05) is 11.6 Å². The zero-order chi connectivity index (χ0) is 12.3. The predicted octanol–water partition coefficient (Wildman–Crippen LogP) is 3.30. The Labute approximate surface area is 103 Å². The summed E-state index contributed by atoms with van der Waals surface area (Å²) in [4.78, 5) is 12.0. The molecule has 1 aliphatic carbocycles. The molecule has 2 rings (SSSR count). The molecule has 1 amide bonds. The molecule has 92 valence electrons. The molecule has 1 aromatic rings. The monoisotopic (exact) mass is 231 g/mol. The van der Waals surface area contributed by atoms with E-state index < -0.39 is 0 Å². The lowest BCUT2D eigenvalue weighted by Crippen LogP contribution is -2.37. The quantitative estimate of drug-likeness (QED) is 0.831. The Morgan fingerprint density at radius 3 is 2.59 bits per heavy atom. The van der Waals surface area contributed by atoms with Gasteiger partial charge in [-0.05, 0) is 37.8 Å². The van der Waals surface area contributed by atoms with Gasteiger partial charge in [0.25, 0.3) is 5.91 Å². The normalized spacial score (nSPS) is 24.4. The van der Waals surface area contributed by atoms with Crippen molar-refractivity contribution in [2.24, 2.45) is 5.92 Å². The fourth-order valence-electron chi connectivity index (χ4n) is 2.54. The fraction of sp³-hybridized carbons (Fsp3) is 0.533. The first-order valence-corrected chi connectivity index (χ1v) is 6.52. The van der Waals surface area contributed by atoms with Gasteiger partial charge in [0.15, 0.2) is 0 Å². The van der Waals surface area contributed by atoms with Gasteiger partial charge in [-0.2, -0.15) is 0 Å². The van der Waals surface area contributed by atoms with Crippen molar-refractivity contribution in [1.82, 2.24) is 5.32 Å². The van der Waals surface area contributed by atoms with Gasteiger partial charge in [-0.1, -0.05) is 37.5 Å². The molecular formula is C15H21NO. The van der Waals surface area contributed by atoms with Crippen molar-refractivity contribution in [1.29, 1.82) is 0 Å². The van der Waals surface area contributed by atoms with Gasteiger partial charge in [-0.25, -0.2) is 0 Å². The molecule has 2 nitrogen and oxygen atoms in total. The first-order chi connectivity index (χ1) is 8.15. The van der Waals surface area contributed by atoms with Crippen molar-refractivity contribution in [3.05, 3.63) is 35.4 Å². The van der Waals surface area contributed by atoms with Crippen LogP contribution in [-0.2, 0) is 0 Å². The summed E-state index contributed by atoms with van der Waals surface area (Å²) in [6.07, 6.45) is 4.79. The van der Waals surface area contributed by atoms with Crippen LogP contribution in [0.2, 0.25) is 0 Å². The lowest BCUT2D eigenvalue weighted by Gasteiger charge is -2.27. The minimum absolute atomic E-state index is 0.0732. The lowest BCUT2D eigenvalue weighted by atomic mass is 9.87. The Balaban J connectivity index is 1.94. The summed E-state index contributed by atoms with van der Waals surface area (Å²) in [7, 11) is 0. The Kier molecular flexibility index (Phi) is 3.82. The molecule has 2 heteroatoms. The smallest absolute Gasteiger partial charge is 0.251 e. The number of hydrogen-bond donors (Lipinski definition) is 1. The summed E-state index contributed by atoms with van der Waals surface area (Å²) in [6.45, 7) is 4.30. The zero-order valence-corrected chi connectivity index (χ0v) is 10.7. The average Bonchev–Trinajstić information content (AvgIpc) is 2.29. The Morgan fingerprint density at radius 2 is 1.94 bits per heavy atom. The maximum absolute atomic E-state index is 12.0. The summed E-state index contributed by atoms with van der Waals surface area (Å²) >= 11 is 0. The number of carbonyl (C=O) groups excluding carboxylic acids is 1. The third kappa shape index (κ3) is 3.32. The predicted molar refractivity (Wildman–Crippen MR) is 70.1 cm³/mol. The van der Waals surface area contributed by atoms with Crippen LogP contribution in [0.4, 0.5) is 0 Å². The highest BCUT2D eigenvalue weighted by molar-refractivity contribution is 5.94. The van der Waals surface area contributed by atoms with Crippen LogP contribution in [0, 0.1) is 12.8 Å². The van der Waals surface area contributed by atoms with Gasteiger partial charge in [-0.3, -0.25) is 4.79 Å². The minimum atomic E-state index is 0.0732. The molecule has 1 fully saturated rings. The highest BCUT2D eigenvalue weighted by atomic mass is 16.1. The van der Waals surface area contributed by atoms with Crippen LogP contribution >= 0.6 is 0 Å². The van der Waals surface area contributed by atoms with E-state index in [0.29, 0.717) is 6.04 Å². The van der Waals surface area contributed by atoms with Crippen LogP contribution in [0.5, 0.6) is 0 Å². The van der Waals surface area contributed by atoms with Gasteiger partial charge in [0.05, 0.1) is 0 Å². The number of carbonyl (C=O) groups is 1. The molecule has 1 aromatic carbocycles. The Bertz CT molecular complexity index is 382. The van der Waals surface area contributed by atoms with Crippen molar-refractivity contribution in [3.63, 3.8) is 0 Å². The van der Waals surface area contributed by atoms with E-state index >= 15 is 0 Å². The summed E-state index contributed by atoms with van der Waals surface area (Å²) in [5.41, 5.74) is 1.96. The molecule has 0 bridgehead atoms. The maximum atomic E-state index is 12.0. The summed E-state index contributed by atoms with van der Waals surface area (Å²) < 4.78 is 0. The van der Waals surface area contributed by atoms with E-state index in [-0.39, 0.29) is 5.91 Å². The SMILES string of the molecule is Cc1ccc(C(=O)NC2CCCC(C)C2)cc1. The van der Waals surface area contributed by atoms with E-state index in [1.165, 1.54) is 18.4 Å². The summed E-state index contributed by atoms with van der Waals surface area (Å²) in [6, 6.07) is 8.14. The first-order valence-electron chi connectivity index (χ1n) is 6.52. The lowest BCUT2D eigenvalue weighted by molar-refractivity contribution is 0.0921. The summed E-state index contributed by atoms with van der Waals surface area (Å²) in [5, 5.41) is 3.15. The molecule has 17 heavy (non-hydrogen) atoms. The molecule has 0 radical (unpaired) electrons. The van der Waals surface area contributed by atoms with Gasteiger partial charge < -0.3 is 5.32 Å². The third-order valence-corrected chi connectivity index (χ3v) is 3.59. The molecule has 2 atom stereocenters. The van der Waals surface area contributed by atoms with Crippen molar-refractivity contribution in [2.75, 3.05) is 0 Å². The molecule has 0 spiro atoms. The van der Waals surface area contributed by atoms with E-state index in [1.807, 2.05) is 31.2 Å². The highest BCUT2D eigenvalue weighted by Gasteiger charge is 2.20. The molecule has 1 N–H and O–H groups in total. The number of amides is 1. The van der Waals surface area contributed by atoms with Crippen LogP contribution < -0.4 is 5.32 Å². The maximum Gasteiger partial charge on any atom is 0.251 e. The van der Waals surface area contributed by atoms with Crippen molar-refractivity contribution >= 4 is 5.91 Å². The van der Waals surface area contributed by atoms with Gasteiger partial charge in [0.2, 0.25) is 0 Å². The first kappa shape index (κ1) is 12.2. The van der Waals surface area contributed by atoms with E-state index in [9.17, 15) is 4.79 Å². The van der Waals surface area contributed by atoms with E-state index in [2.05, 4.69) is 12.2 Å². The molecule has 0 saturated heterocycles.